The monoisotopic (exact) mass is 363 g/mol. The minimum absolute atomic E-state index is 0.0323. The smallest absolute Gasteiger partial charge is 0.219 e. The summed E-state index contributed by atoms with van der Waals surface area (Å²) in [4.78, 5) is 34.7. The van der Waals surface area contributed by atoms with Gasteiger partial charge in [0.25, 0.3) is 0 Å². The molecule has 3 aromatic rings. The van der Waals surface area contributed by atoms with Gasteiger partial charge in [0.05, 0.1) is 18.3 Å². The molecule has 0 aromatic carbocycles. The van der Waals surface area contributed by atoms with E-state index in [1.165, 1.54) is 0 Å². The first kappa shape index (κ1) is 17.1. The molecule has 0 fully saturated rings. The lowest BCUT2D eigenvalue weighted by molar-refractivity contribution is -0.129. The van der Waals surface area contributed by atoms with Crippen LogP contribution in [0.25, 0.3) is 11.4 Å². The van der Waals surface area contributed by atoms with Gasteiger partial charge < -0.3 is 15.2 Å². The number of anilines is 1. The van der Waals surface area contributed by atoms with Crippen LogP contribution in [0.2, 0.25) is 0 Å². The number of rotatable bonds is 4. The molecule has 1 aliphatic rings. The molecule has 2 N–H and O–H groups in total. The number of nitrogens with zero attached hydrogens (tertiary/aromatic N) is 5. The third-order valence-corrected chi connectivity index (χ3v) is 4.73. The second kappa shape index (κ2) is 7.14. The lowest BCUT2D eigenvalue weighted by atomic mass is 10.0. The predicted octanol–water partition coefficient (Wildman–Crippen LogP) is 2.34. The number of hydrogen-bond acceptors (Lipinski definition) is 6. The van der Waals surface area contributed by atoms with Gasteiger partial charge in [-0.1, -0.05) is 0 Å². The van der Waals surface area contributed by atoms with Crippen LogP contribution >= 0.6 is 0 Å². The molecule has 138 valence electrons. The molecule has 4 rings (SSSR count). The van der Waals surface area contributed by atoms with E-state index in [1.807, 2.05) is 24.0 Å². The minimum Gasteiger partial charge on any atom is -0.360 e. The number of fused-ring (bicyclic) bond motifs is 1. The Bertz CT molecular complexity index is 940. The standard InChI is InChI=1S/C19H21N7O/c1-12(17-21-8-9-22-17)23-19-15-5-10-26(13(2)27)11-16(15)24-18(25-19)14-3-6-20-7-4-14/h3-4,6-9,12H,5,10-11H2,1-2H3,(H,21,22)(H,23,24,25)/t12-/m1/s1. The molecule has 4 heterocycles. The summed E-state index contributed by atoms with van der Waals surface area (Å²) in [5, 5.41) is 3.46. The first-order chi connectivity index (χ1) is 13.1. The predicted molar refractivity (Wildman–Crippen MR) is 101 cm³/mol. The number of aromatic nitrogens is 5. The highest BCUT2D eigenvalue weighted by atomic mass is 16.2. The molecule has 8 heteroatoms. The maximum Gasteiger partial charge on any atom is 0.219 e. The summed E-state index contributed by atoms with van der Waals surface area (Å²) >= 11 is 0. The van der Waals surface area contributed by atoms with Gasteiger partial charge in [-0.3, -0.25) is 9.78 Å². The van der Waals surface area contributed by atoms with Crippen LogP contribution in [-0.2, 0) is 17.8 Å². The average molecular weight is 363 g/mol. The van der Waals surface area contributed by atoms with Crippen molar-refractivity contribution in [2.45, 2.75) is 32.9 Å². The van der Waals surface area contributed by atoms with Gasteiger partial charge in [0, 0.05) is 49.4 Å². The third kappa shape index (κ3) is 3.51. The Morgan fingerprint density at radius 2 is 2.07 bits per heavy atom. The molecular weight excluding hydrogens is 342 g/mol. The van der Waals surface area contributed by atoms with Crippen LogP contribution in [-0.4, -0.2) is 42.3 Å². The summed E-state index contributed by atoms with van der Waals surface area (Å²) in [7, 11) is 0. The Kier molecular flexibility index (Phi) is 4.53. The number of nitrogens with one attached hydrogen (secondary N) is 2. The van der Waals surface area contributed by atoms with Gasteiger partial charge >= 0.3 is 0 Å². The van der Waals surface area contributed by atoms with Crippen LogP contribution < -0.4 is 5.32 Å². The Morgan fingerprint density at radius 3 is 2.78 bits per heavy atom. The molecule has 0 aliphatic carbocycles. The number of aromatic amines is 1. The number of imidazole rings is 1. The lowest BCUT2D eigenvalue weighted by Gasteiger charge is -2.29. The number of amides is 1. The van der Waals surface area contributed by atoms with Crippen molar-refractivity contribution < 1.29 is 4.79 Å². The highest BCUT2D eigenvalue weighted by Crippen LogP contribution is 2.29. The van der Waals surface area contributed by atoms with E-state index in [-0.39, 0.29) is 11.9 Å². The Morgan fingerprint density at radius 1 is 1.26 bits per heavy atom. The summed E-state index contributed by atoms with van der Waals surface area (Å²) in [6.07, 6.45) is 7.70. The molecule has 3 aromatic heterocycles. The minimum atomic E-state index is -0.0323. The first-order valence-electron chi connectivity index (χ1n) is 8.93. The van der Waals surface area contributed by atoms with Gasteiger partial charge in [0.2, 0.25) is 5.91 Å². The van der Waals surface area contributed by atoms with Gasteiger partial charge in [-0.15, -0.1) is 0 Å². The fraction of sp³-hybridized carbons (Fsp3) is 0.316. The number of hydrogen-bond donors (Lipinski definition) is 2. The largest absolute Gasteiger partial charge is 0.360 e. The van der Waals surface area contributed by atoms with Crippen molar-refractivity contribution in [1.29, 1.82) is 0 Å². The van der Waals surface area contributed by atoms with Crippen LogP contribution in [0.4, 0.5) is 5.82 Å². The Balaban J connectivity index is 1.74. The van der Waals surface area contributed by atoms with Crippen molar-refractivity contribution in [3.63, 3.8) is 0 Å². The highest BCUT2D eigenvalue weighted by Gasteiger charge is 2.25. The summed E-state index contributed by atoms with van der Waals surface area (Å²) < 4.78 is 0. The van der Waals surface area contributed by atoms with Crippen LogP contribution in [0.5, 0.6) is 0 Å². The molecule has 0 saturated heterocycles. The van der Waals surface area contributed by atoms with Crippen molar-refractivity contribution in [3.8, 4) is 11.4 Å². The van der Waals surface area contributed by atoms with E-state index in [0.717, 1.165) is 34.9 Å². The molecular formula is C19H21N7O. The van der Waals surface area contributed by atoms with Gasteiger partial charge in [0.1, 0.15) is 11.6 Å². The Hall–Kier alpha value is -3.29. The quantitative estimate of drug-likeness (QED) is 0.738. The lowest BCUT2D eigenvalue weighted by Crippen LogP contribution is -2.35. The fourth-order valence-corrected chi connectivity index (χ4v) is 3.24. The van der Waals surface area contributed by atoms with E-state index in [0.29, 0.717) is 18.9 Å². The molecule has 0 unspecified atom stereocenters. The topological polar surface area (TPSA) is 99.7 Å². The van der Waals surface area contributed by atoms with Gasteiger partial charge in [0.15, 0.2) is 5.82 Å². The zero-order valence-electron chi connectivity index (χ0n) is 15.3. The summed E-state index contributed by atoms with van der Waals surface area (Å²) in [5.41, 5.74) is 2.83. The maximum absolute atomic E-state index is 11.8. The summed E-state index contributed by atoms with van der Waals surface area (Å²) in [6, 6.07) is 3.73. The van der Waals surface area contributed by atoms with Gasteiger partial charge in [-0.2, -0.15) is 0 Å². The summed E-state index contributed by atoms with van der Waals surface area (Å²) in [6.45, 7) is 4.79. The van der Waals surface area contributed by atoms with Crippen molar-refractivity contribution in [1.82, 2.24) is 29.8 Å². The molecule has 1 amide bonds. The molecule has 0 spiro atoms. The average Bonchev–Trinajstić information content (AvgIpc) is 3.23. The molecule has 0 bridgehead atoms. The van der Waals surface area contributed by atoms with Crippen LogP contribution in [0.1, 0.15) is 37.0 Å². The van der Waals surface area contributed by atoms with Crippen LogP contribution in [0.3, 0.4) is 0 Å². The van der Waals surface area contributed by atoms with E-state index in [1.54, 1.807) is 31.7 Å². The molecule has 27 heavy (non-hydrogen) atoms. The fourth-order valence-electron chi connectivity index (χ4n) is 3.24. The van der Waals surface area contributed by atoms with E-state index in [9.17, 15) is 4.79 Å². The molecule has 1 atom stereocenters. The van der Waals surface area contributed by atoms with E-state index in [4.69, 9.17) is 9.97 Å². The second-order valence-corrected chi connectivity index (χ2v) is 6.59. The van der Waals surface area contributed by atoms with Crippen LogP contribution in [0, 0.1) is 0 Å². The van der Waals surface area contributed by atoms with E-state index in [2.05, 4.69) is 20.3 Å². The first-order valence-corrected chi connectivity index (χ1v) is 8.93. The van der Waals surface area contributed by atoms with Gasteiger partial charge in [-0.25, -0.2) is 15.0 Å². The van der Waals surface area contributed by atoms with Crippen molar-refractivity contribution in [2.75, 3.05) is 11.9 Å². The number of carbonyl (C=O) groups excluding carboxylic acids is 1. The van der Waals surface area contributed by atoms with E-state index < -0.39 is 0 Å². The maximum atomic E-state index is 11.8. The second-order valence-electron chi connectivity index (χ2n) is 6.59. The molecule has 8 nitrogen and oxygen atoms in total. The van der Waals surface area contributed by atoms with Gasteiger partial charge in [-0.05, 0) is 25.5 Å². The molecule has 0 radical (unpaired) electrons. The molecule has 1 aliphatic heterocycles. The Labute approximate surface area is 157 Å². The van der Waals surface area contributed by atoms with Crippen LogP contribution in [0.15, 0.2) is 36.9 Å². The van der Waals surface area contributed by atoms with E-state index >= 15 is 0 Å². The SMILES string of the molecule is CC(=O)N1CCc2c(nc(-c3ccncc3)nc2N[C@H](C)c2ncc[nH]2)C1. The number of H-pyrrole nitrogens is 1. The zero-order chi connectivity index (χ0) is 18.8. The van der Waals surface area contributed by atoms with Crippen molar-refractivity contribution in [3.05, 3.63) is 54.0 Å². The normalized spacial score (nSPS) is 14.5. The number of carbonyl (C=O) groups is 1. The third-order valence-electron chi connectivity index (χ3n) is 4.73. The van der Waals surface area contributed by atoms with Crippen molar-refractivity contribution in [2.24, 2.45) is 0 Å². The molecule has 0 saturated carbocycles. The number of pyridine rings is 1. The van der Waals surface area contributed by atoms with Crippen molar-refractivity contribution >= 4 is 11.7 Å². The highest BCUT2D eigenvalue weighted by molar-refractivity contribution is 5.74. The summed E-state index contributed by atoms with van der Waals surface area (Å²) in [5.74, 6) is 2.31. The zero-order valence-corrected chi connectivity index (χ0v) is 15.3.